The van der Waals surface area contributed by atoms with E-state index in [1.807, 2.05) is 25.1 Å². The molecular weight excluding hydrogens is 486 g/mol. The minimum absolute atomic E-state index is 0.0561. The lowest BCUT2D eigenvalue weighted by atomic mass is 9.94. The summed E-state index contributed by atoms with van der Waals surface area (Å²) in [6.07, 6.45) is 0.813. The molecule has 3 aromatic carbocycles. The number of ether oxygens (including phenoxy) is 3. The summed E-state index contributed by atoms with van der Waals surface area (Å²) >= 11 is 0. The summed E-state index contributed by atoms with van der Waals surface area (Å²) in [5.41, 5.74) is 1.48. The normalized spacial score (nSPS) is 16.5. The molecule has 0 saturated carbocycles. The number of nitrogens with zero attached hydrogens (tertiary/aromatic N) is 1. The third kappa shape index (κ3) is 5.29. The zero-order valence-electron chi connectivity index (χ0n) is 21.6. The van der Waals surface area contributed by atoms with E-state index in [2.05, 4.69) is 0 Å². The van der Waals surface area contributed by atoms with Gasteiger partial charge in [0, 0.05) is 11.1 Å². The molecule has 1 aliphatic rings. The summed E-state index contributed by atoms with van der Waals surface area (Å²) in [6.45, 7) is 4.64. The first-order valence-electron chi connectivity index (χ1n) is 12.5. The molecule has 1 saturated heterocycles. The number of rotatable bonds is 10. The number of benzene rings is 3. The van der Waals surface area contributed by atoms with E-state index in [1.165, 1.54) is 18.1 Å². The molecule has 0 aliphatic carbocycles. The number of aliphatic hydroxyl groups is 1. The number of hydrogen-bond donors (Lipinski definition) is 2. The van der Waals surface area contributed by atoms with Crippen molar-refractivity contribution in [3.05, 3.63) is 89.0 Å². The number of amides is 1. The number of hydrogen-bond acceptors (Lipinski definition) is 7. The molecule has 3 aromatic rings. The first-order valence-corrected chi connectivity index (χ1v) is 12.5. The lowest BCUT2D eigenvalue weighted by Gasteiger charge is -2.26. The standard InChI is InChI=1S/C30H31NO7/c1-4-15-38-22-11-8-10-20(16-22)28(33)26-27(19-13-14-23(32)25(17-19)37-5-2)31(30(35)29(26)34)18-21-9-6-7-12-24(21)36-3/h6-14,16-17,27,32-33H,4-5,15,18H2,1-3H3/b28-26-. The van der Waals surface area contributed by atoms with Crippen LogP contribution < -0.4 is 14.2 Å². The van der Waals surface area contributed by atoms with Gasteiger partial charge in [-0.25, -0.2) is 0 Å². The molecule has 0 aromatic heterocycles. The average molecular weight is 518 g/mol. The van der Waals surface area contributed by atoms with Gasteiger partial charge < -0.3 is 29.3 Å². The van der Waals surface area contributed by atoms with Crippen molar-refractivity contribution in [3.8, 4) is 23.0 Å². The van der Waals surface area contributed by atoms with Gasteiger partial charge in [-0.2, -0.15) is 0 Å². The number of ketones is 1. The molecule has 8 nitrogen and oxygen atoms in total. The minimum atomic E-state index is -0.945. The predicted molar refractivity (Wildman–Crippen MR) is 142 cm³/mol. The van der Waals surface area contributed by atoms with Crippen LogP contribution in [0.25, 0.3) is 5.76 Å². The van der Waals surface area contributed by atoms with E-state index in [0.29, 0.717) is 41.4 Å². The molecule has 1 heterocycles. The molecule has 2 N–H and O–H groups in total. The maximum Gasteiger partial charge on any atom is 0.295 e. The summed E-state index contributed by atoms with van der Waals surface area (Å²) < 4.78 is 16.7. The summed E-state index contributed by atoms with van der Waals surface area (Å²) in [7, 11) is 1.53. The Bertz CT molecular complexity index is 1360. The second-order valence-corrected chi connectivity index (χ2v) is 8.78. The number of Topliss-reactive ketones (excluding diaryl/α,β-unsaturated/α-hetero) is 1. The van der Waals surface area contributed by atoms with E-state index in [0.717, 1.165) is 6.42 Å². The Morgan fingerprint density at radius 2 is 1.74 bits per heavy atom. The van der Waals surface area contributed by atoms with Gasteiger partial charge in [-0.05, 0) is 49.2 Å². The highest BCUT2D eigenvalue weighted by Crippen LogP contribution is 2.43. The van der Waals surface area contributed by atoms with Crippen molar-refractivity contribution in [2.75, 3.05) is 20.3 Å². The minimum Gasteiger partial charge on any atom is -0.507 e. The van der Waals surface area contributed by atoms with Crippen molar-refractivity contribution in [1.29, 1.82) is 0 Å². The van der Waals surface area contributed by atoms with Crippen LogP contribution in [0.2, 0.25) is 0 Å². The van der Waals surface area contributed by atoms with E-state index in [-0.39, 0.29) is 29.4 Å². The lowest BCUT2D eigenvalue weighted by Crippen LogP contribution is -2.29. The molecular formula is C30H31NO7. The van der Waals surface area contributed by atoms with Gasteiger partial charge in [-0.1, -0.05) is 43.3 Å². The number of aliphatic hydroxyl groups excluding tert-OH is 1. The maximum absolute atomic E-state index is 13.4. The molecule has 4 rings (SSSR count). The largest absolute Gasteiger partial charge is 0.507 e. The number of methoxy groups -OCH3 is 1. The average Bonchev–Trinajstić information content (AvgIpc) is 3.18. The molecule has 1 aliphatic heterocycles. The van der Waals surface area contributed by atoms with Gasteiger partial charge in [-0.3, -0.25) is 9.59 Å². The van der Waals surface area contributed by atoms with Crippen LogP contribution in [0.3, 0.4) is 0 Å². The summed E-state index contributed by atoms with van der Waals surface area (Å²) in [5.74, 6) is -0.640. The van der Waals surface area contributed by atoms with Crippen LogP contribution in [-0.4, -0.2) is 47.1 Å². The Hall–Kier alpha value is -4.46. The fourth-order valence-electron chi connectivity index (χ4n) is 4.49. The van der Waals surface area contributed by atoms with Crippen molar-refractivity contribution >= 4 is 17.4 Å². The predicted octanol–water partition coefficient (Wildman–Crippen LogP) is 5.21. The zero-order chi connectivity index (χ0) is 27.2. The molecule has 38 heavy (non-hydrogen) atoms. The molecule has 1 amide bonds. The Balaban J connectivity index is 1.87. The second kappa shape index (κ2) is 11.7. The molecule has 0 bridgehead atoms. The van der Waals surface area contributed by atoms with Gasteiger partial charge in [0.05, 0.1) is 38.5 Å². The molecule has 0 spiro atoms. The van der Waals surface area contributed by atoms with Crippen LogP contribution in [0.1, 0.15) is 43.0 Å². The summed E-state index contributed by atoms with van der Waals surface area (Å²) in [4.78, 5) is 28.2. The summed E-state index contributed by atoms with van der Waals surface area (Å²) in [5, 5.41) is 21.7. The van der Waals surface area contributed by atoms with E-state index < -0.39 is 17.7 Å². The van der Waals surface area contributed by atoms with Gasteiger partial charge in [0.25, 0.3) is 11.7 Å². The van der Waals surface area contributed by atoms with E-state index in [4.69, 9.17) is 14.2 Å². The first kappa shape index (κ1) is 26.6. The second-order valence-electron chi connectivity index (χ2n) is 8.78. The highest BCUT2D eigenvalue weighted by molar-refractivity contribution is 6.46. The lowest BCUT2D eigenvalue weighted by molar-refractivity contribution is -0.140. The molecule has 198 valence electrons. The van der Waals surface area contributed by atoms with E-state index >= 15 is 0 Å². The Morgan fingerprint density at radius 3 is 2.47 bits per heavy atom. The fourth-order valence-corrected chi connectivity index (χ4v) is 4.49. The van der Waals surface area contributed by atoms with E-state index in [9.17, 15) is 19.8 Å². The Labute approximate surface area is 221 Å². The zero-order valence-corrected chi connectivity index (χ0v) is 21.6. The number of phenols is 1. The first-order chi connectivity index (χ1) is 18.4. The SMILES string of the molecule is CCCOc1cccc(/C(O)=C2/C(=O)C(=O)N(Cc3ccccc3OC)C2c2ccc(O)c(OCC)c2)c1. The maximum atomic E-state index is 13.4. The molecule has 8 heteroatoms. The van der Waals surface area contributed by atoms with Crippen molar-refractivity contribution in [3.63, 3.8) is 0 Å². The number of phenolic OH excluding ortho intramolecular Hbond substituents is 1. The molecule has 0 radical (unpaired) electrons. The van der Waals surface area contributed by atoms with Crippen molar-refractivity contribution < 1.29 is 34.0 Å². The number of aromatic hydroxyl groups is 1. The Morgan fingerprint density at radius 1 is 0.947 bits per heavy atom. The van der Waals surface area contributed by atoms with Gasteiger partial charge in [0.2, 0.25) is 0 Å². The highest BCUT2D eigenvalue weighted by atomic mass is 16.5. The molecule has 1 unspecified atom stereocenters. The van der Waals surface area contributed by atoms with Crippen LogP contribution >= 0.6 is 0 Å². The van der Waals surface area contributed by atoms with Gasteiger partial charge in [0.15, 0.2) is 11.5 Å². The quantitative estimate of drug-likeness (QED) is 0.216. The van der Waals surface area contributed by atoms with Crippen LogP contribution in [-0.2, 0) is 16.1 Å². The molecule has 1 atom stereocenters. The third-order valence-electron chi connectivity index (χ3n) is 6.25. The monoisotopic (exact) mass is 517 g/mol. The van der Waals surface area contributed by atoms with Crippen molar-refractivity contribution in [1.82, 2.24) is 4.90 Å². The summed E-state index contributed by atoms with van der Waals surface area (Å²) in [6, 6.07) is 17.7. The van der Waals surface area contributed by atoms with Crippen LogP contribution in [0.15, 0.2) is 72.3 Å². The van der Waals surface area contributed by atoms with Gasteiger partial charge in [0.1, 0.15) is 17.3 Å². The topological polar surface area (TPSA) is 106 Å². The van der Waals surface area contributed by atoms with Crippen LogP contribution in [0, 0.1) is 0 Å². The number of carbonyl (C=O) groups is 2. The molecule has 1 fully saturated rings. The number of para-hydroxylation sites is 1. The fraction of sp³-hybridized carbons (Fsp3) is 0.267. The van der Waals surface area contributed by atoms with Gasteiger partial charge >= 0.3 is 0 Å². The number of carbonyl (C=O) groups excluding carboxylic acids is 2. The third-order valence-corrected chi connectivity index (χ3v) is 6.25. The van der Waals surface area contributed by atoms with E-state index in [1.54, 1.807) is 49.4 Å². The smallest absolute Gasteiger partial charge is 0.295 e. The number of likely N-dealkylation sites (tertiary alicyclic amines) is 1. The van der Waals surface area contributed by atoms with Crippen molar-refractivity contribution in [2.24, 2.45) is 0 Å². The van der Waals surface area contributed by atoms with Crippen LogP contribution in [0.5, 0.6) is 23.0 Å². The Kier molecular flexibility index (Phi) is 8.21. The van der Waals surface area contributed by atoms with Crippen molar-refractivity contribution in [2.45, 2.75) is 32.9 Å². The van der Waals surface area contributed by atoms with Crippen LogP contribution in [0.4, 0.5) is 0 Å². The highest BCUT2D eigenvalue weighted by Gasteiger charge is 2.46. The van der Waals surface area contributed by atoms with Gasteiger partial charge in [-0.15, -0.1) is 0 Å².